The first-order chi connectivity index (χ1) is 9.30. The molecule has 2 rings (SSSR count). The Morgan fingerprint density at radius 1 is 1.26 bits per heavy atom. The van der Waals surface area contributed by atoms with E-state index in [-0.39, 0.29) is 6.04 Å². The van der Waals surface area contributed by atoms with Gasteiger partial charge in [0.15, 0.2) is 11.5 Å². The average Bonchev–Trinajstić information content (AvgIpc) is 2.49. The van der Waals surface area contributed by atoms with Crippen molar-refractivity contribution in [2.45, 2.75) is 18.9 Å². The second kappa shape index (κ2) is 6.45. The zero-order chi connectivity index (χ0) is 13.7. The van der Waals surface area contributed by atoms with Gasteiger partial charge in [-0.05, 0) is 36.6 Å². The quantitative estimate of drug-likeness (QED) is 0.628. The molecular formula is C14H20N2O3. The van der Waals surface area contributed by atoms with Crippen LogP contribution in [-0.4, -0.2) is 20.8 Å². The second-order valence-corrected chi connectivity index (χ2v) is 4.31. The minimum Gasteiger partial charge on any atom is -0.496 e. The number of rotatable bonds is 5. The number of nitrogens with one attached hydrogen (secondary N) is 1. The molecule has 0 fully saturated rings. The van der Waals surface area contributed by atoms with E-state index in [0.717, 1.165) is 30.8 Å². The van der Waals surface area contributed by atoms with Crippen LogP contribution in [0.5, 0.6) is 11.5 Å². The molecule has 1 heterocycles. The summed E-state index contributed by atoms with van der Waals surface area (Å²) in [5.41, 5.74) is 3.77. The highest BCUT2D eigenvalue weighted by atomic mass is 16.5. The summed E-state index contributed by atoms with van der Waals surface area (Å²) in [7, 11) is 3.23. The Morgan fingerprint density at radius 2 is 2.05 bits per heavy atom. The van der Waals surface area contributed by atoms with Crippen LogP contribution < -0.4 is 20.7 Å². The van der Waals surface area contributed by atoms with Crippen molar-refractivity contribution in [1.82, 2.24) is 5.43 Å². The molecule has 1 aromatic rings. The van der Waals surface area contributed by atoms with E-state index < -0.39 is 0 Å². The lowest BCUT2D eigenvalue weighted by Gasteiger charge is -2.24. The smallest absolute Gasteiger partial charge is 0.161 e. The number of methoxy groups -OCH3 is 2. The summed E-state index contributed by atoms with van der Waals surface area (Å²) in [6.07, 6.45) is 4.14. The molecule has 19 heavy (non-hydrogen) atoms. The van der Waals surface area contributed by atoms with E-state index in [0.29, 0.717) is 11.5 Å². The Kier molecular flexibility index (Phi) is 4.65. The van der Waals surface area contributed by atoms with Crippen LogP contribution in [0, 0.1) is 0 Å². The third kappa shape index (κ3) is 3.00. The van der Waals surface area contributed by atoms with Gasteiger partial charge in [0, 0.05) is 0 Å². The van der Waals surface area contributed by atoms with E-state index in [9.17, 15) is 0 Å². The van der Waals surface area contributed by atoms with E-state index in [1.54, 1.807) is 14.2 Å². The van der Waals surface area contributed by atoms with Gasteiger partial charge in [0.05, 0.1) is 20.8 Å². The van der Waals surface area contributed by atoms with Crippen LogP contribution in [0.25, 0.3) is 0 Å². The summed E-state index contributed by atoms with van der Waals surface area (Å²) in [4.78, 5) is 0. The lowest BCUT2D eigenvalue weighted by molar-refractivity contribution is 0.168. The van der Waals surface area contributed by atoms with Gasteiger partial charge in [-0.1, -0.05) is 6.07 Å². The van der Waals surface area contributed by atoms with E-state index >= 15 is 0 Å². The number of hydrogen-bond donors (Lipinski definition) is 2. The van der Waals surface area contributed by atoms with Crippen molar-refractivity contribution >= 4 is 0 Å². The first-order valence-corrected chi connectivity index (χ1v) is 6.31. The lowest BCUT2D eigenvalue weighted by atomic mass is 10.0. The maximum Gasteiger partial charge on any atom is 0.161 e. The summed E-state index contributed by atoms with van der Waals surface area (Å²) >= 11 is 0. The van der Waals surface area contributed by atoms with Crippen molar-refractivity contribution < 1.29 is 14.2 Å². The number of allylic oxidation sites excluding steroid dienone is 1. The van der Waals surface area contributed by atoms with E-state index in [1.807, 2.05) is 18.2 Å². The molecule has 0 aliphatic carbocycles. The summed E-state index contributed by atoms with van der Waals surface area (Å²) in [6.45, 7) is 0.733. The Labute approximate surface area is 113 Å². The predicted octanol–water partition coefficient (Wildman–Crippen LogP) is 1.90. The molecule has 0 bridgehead atoms. The normalized spacial score (nSPS) is 16.3. The van der Waals surface area contributed by atoms with Crippen LogP contribution in [0.3, 0.4) is 0 Å². The molecule has 0 saturated heterocycles. The average molecular weight is 264 g/mol. The van der Waals surface area contributed by atoms with E-state index in [2.05, 4.69) is 11.5 Å². The van der Waals surface area contributed by atoms with Crippen LogP contribution in [0.4, 0.5) is 0 Å². The highest BCUT2D eigenvalue weighted by Gasteiger charge is 2.20. The predicted molar refractivity (Wildman–Crippen MR) is 72.9 cm³/mol. The molecule has 1 aliphatic rings. The molecule has 1 aliphatic heterocycles. The van der Waals surface area contributed by atoms with Gasteiger partial charge in [0.1, 0.15) is 11.8 Å². The minimum absolute atomic E-state index is 0.167. The van der Waals surface area contributed by atoms with Crippen molar-refractivity contribution in [3.8, 4) is 11.5 Å². The molecule has 1 unspecified atom stereocenters. The Morgan fingerprint density at radius 3 is 2.63 bits per heavy atom. The third-order valence-electron chi connectivity index (χ3n) is 3.15. The van der Waals surface area contributed by atoms with Gasteiger partial charge in [-0.15, -0.1) is 0 Å². The monoisotopic (exact) mass is 264 g/mol. The Balaban J connectivity index is 2.30. The van der Waals surface area contributed by atoms with Crippen molar-refractivity contribution in [3.63, 3.8) is 0 Å². The van der Waals surface area contributed by atoms with E-state index in [1.165, 1.54) is 0 Å². The van der Waals surface area contributed by atoms with Gasteiger partial charge in [0.25, 0.3) is 0 Å². The molecule has 0 amide bonds. The standard InChI is InChI=1S/C14H20N2O3/c1-17-11-7-6-10(9-13(11)18-2)14(16-15)12-5-3-4-8-19-12/h5-7,9,14,16H,3-4,8,15H2,1-2H3. The number of benzene rings is 1. The van der Waals surface area contributed by atoms with E-state index in [4.69, 9.17) is 20.1 Å². The Hall–Kier alpha value is -1.72. The van der Waals surface area contributed by atoms with Crippen molar-refractivity contribution in [2.24, 2.45) is 5.84 Å². The van der Waals surface area contributed by atoms with Crippen LogP contribution in [-0.2, 0) is 4.74 Å². The van der Waals surface area contributed by atoms with Crippen molar-refractivity contribution in [1.29, 1.82) is 0 Å². The molecule has 0 saturated carbocycles. The highest BCUT2D eigenvalue weighted by Crippen LogP contribution is 2.33. The zero-order valence-corrected chi connectivity index (χ0v) is 11.3. The van der Waals surface area contributed by atoms with Crippen molar-refractivity contribution in [3.05, 3.63) is 35.6 Å². The third-order valence-corrected chi connectivity index (χ3v) is 3.15. The molecule has 3 N–H and O–H groups in total. The van der Waals surface area contributed by atoms with Gasteiger partial charge >= 0.3 is 0 Å². The summed E-state index contributed by atoms with van der Waals surface area (Å²) in [5, 5.41) is 0. The SMILES string of the molecule is COc1ccc(C(NN)C2=CCCCO2)cc1OC. The van der Waals surface area contributed by atoms with Gasteiger partial charge in [-0.2, -0.15) is 0 Å². The summed E-state index contributed by atoms with van der Waals surface area (Å²) < 4.78 is 16.2. The molecule has 5 heteroatoms. The van der Waals surface area contributed by atoms with Gasteiger partial charge in [-0.3, -0.25) is 5.84 Å². The van der Waals surface area contributed by atoms with Gasteiger partial charge in [0.2, 0.25) is 0 Å². The molecule has 5 nitrogen and oxygen atoms in total. The fourth-order valence-corrected chi connectivity index (χ4v) is 2.15. The molecule has 104 valence electrons. The zero-order valence-electron chi connectivity index (χ0n) is 11.3. The van der Waals surface area contributed by atoms with Crippen LogP contribution in [0.15, 0.2) is 30.0 Å². The molecule has 0 spiro atoms. The molecular weight excluding hydrogens is 244 g/mol. The van der Waals surface area contributed by atoms with Crippen LogP contribution in [0.2, 0.25) is 0 Å². The van der Waals surface area contributed by atoms with Gasteiger partial charge in [-0.25, -0.2) is 5.43 Å². The number of nitrogens with two attached hydrogens (primary N) is 1. The fraction of sp³-hybridized carbons (Fsp3) is 0.429. The number of ether oxygens (including phenoxy) is 3. The minimum atomic E-state index is -0.167. The first kappa shape index (κ1) is 13.7. The van der Waals surface area contributed by atoms with Crippen LogP contribution >= 0.6 is 0 Å². The van der Waals surface area contributed by atoms with Crippen LogP contribution in [0.1, 0.15) is 24.4 Å². The Bertz CT molecular complexity index is 460. The second-order valence-electron chi connectivity index (χ2n) is 4.31. The molecule has 0 aromatic heterocycles. The number of hydrogen-bond acceptors (Lipinski definition) is 5. The fourth-order valence-electron chi connectivity index (χ4n) is 2.15. The summed E-state index contributed by atoms with van der Waals surface area (Å²) in [6, 6.07) is 5.55. The van der Waals surface area contributed by atoms with Gasteiger partial charge < -0.3 is 14.2 Å². The lowest BCUT2D eigenvalue weighted by Crippen LogP contribution is -2.31. The number of hydrazine groups is 1. The highest BCUT2D eigenvalue weighted by molar-refractivity contribution is 5.45. The molecule has 0 radical (unpaired) electrons. The maximum atomic E-state index is 5.66. The first-order valence-electron chi connectivity index (χ1n) is 6.31. The van der Waals surface area contributed by atoms with Crippen molar-refractivity contribution in [2.75, 3.05) is 20.8 Å². The largest absolute Gasteiger partial charge is 0.496 e. The molecule has 1 aromatic carbocycles. The summed E-state index contributed by atoms with van der Waals surface area (Å²) in [5.74, 6) is 7.89. The molecule has 1 atom stereocenters. The maximum absolute atomic E-state index is 5.66. The topological polar surface area (TPSA) is 65.7 Å².